The van der Waals surface area contributed by atoms with E-state index in [1.807, 2.05) is 18.4 Å². The van der Waals surface area contributed by atoms with Gasteiger partial charge in [0.25, 0.3) is 5.91 Å². The molecule has 23 heavy (non-hydrogen) atoms. The van der Waals surface area contributed by atoms with E-state index in [1.165, 1.54) is 11.3 Å². The smallest absolute Gasteiger partial charge is 0.273 e. The van der Waals surface area contributed by atoms with Gasteiger partial charge in [0.15, 0.2) is 0 Å². The molecule has 1 aliphatic rings. The van der Waals surface area contributed by atoms with E-state index in [2.05, 4.69) is 17.1 Å². The third-order valence-corrected chi connectivity index (χ3v) is 4.98. The summed E-state index contributed by atoms with van der Waals surface area (Å²) >= 11 is 1.52. The third-order valence-electron chi connectivity index (χ3n) is 4.07. The van der Waals surface area contributed by atoms with Crippen LogP contribution in [0, 0.1) is 12.8 Å². The number of β-amino-alcohol motifs (C(OH)–C–C–N with tert-alkyl or cyclic N) is 1. The molecule has 6 nitrogen and oxygen atoms in total. The lowest BCUT2D eigenvalue weighted by Gasteiger charge is -2.14. The lowest BCUT2D eigenvalue weighted by Crippen LogP contribution is -2.29. The highest BCUT2D eigenvalue weighted by Crippen LogP contribution is 2.24. The number of aliphatic hydroxyl groups is 1. The van der Waals surface area contributed by atoms with E-state index >= 15 is 0 Å². The normalized spacial score (nSPS) is 21.1. The second-order valence-electron chi connectivity index (χ2n) is 6.05. The Morgan fingerprint density at radius 1 is 1.52 bits per heavy atom. The van der Waals surface area contributed by atoms with Gasteiger partial charge in [-0.05, 0) is 19.8 Å². The first-order chi connectivity index (χ1) is 11.1. The first kappa shape index (κ1) is 16.1. The Balaban J connectivity index is 1.63. The summed E-state index contributed by atoms with van der Waals surface area (Å²) in [6.07, 6.45) is 1.96. The topological polar surface area (TPSA) is 79.5 Å². The maximum Gasteiger partial charge on any atom is 0.273 e. The minimum Gasteiger partial charge on any atom is -0.391 e. The van der Waals surface area contributed by atoms with E-state index in [4.69, 9.17) is 4.52 Å². The van der Waals surface area contributed by atoms with Crippen molar-refractivity contribution in [1.29, 1.82) is 0 Å². The molecule has 0 saturated carbocycles. The maximum atomic E-state index is 12.5. The van der Waals surface area contributed by atoms with Gasteiger partial charge < -0.3 is 14.5 Å². The predicted molar refractivity (Wildman–Crippen MR) is 86.5 cm³/mol. The quantitative estimate of drug-likeness (QED) is 0.905. The predicted octanol–water partition coefficient (Wildman–Crippen LogP) is 2.07. The number of hydrogen-bond donors (Lipinski definition) is 1. The molecular formula is C16H21N3O3S. The lowest BCUT2D eigenvalue weighted by molar-refractivity contribution is 0.0759. The number of hydrogen-bond acceptors (Lipinski definition) is 6. The summed E-state index contributed by atoms with van der Waals surface area (Å²) in [6, 6.07) is 1.87. The SMILES string of the molecule is CCCc1nc(C(=O)N2C[C@@H](Cc3cc(C)no3)[C@H](O)C2)cs1. The highest BCUT2D eigenvalue weighted by atomic mass is 32.1. The van der Waals surface area contributed by atoms with Gasteiger partial charge in [-0.25, -0.2) is 4.98 Å². The average Bonchev–Trinajstić information content (AvgIpc) is 3.22. The van der Waals surface area contributed by atoms with Crippen molar-refractivity contribution in [2.45, 2.75) is 39.2 Å². The van der Waals surface area contributed by atoms with E-state index in [9.17, 15) is 9.90 Å². The number of carbonyl (C=O) groups excluding carboxylic acids is 1. The van der Waals surface area contributed by atoms with Gasteiger partial charge in [-0.2, -0.15) is 0 Å². The van der Waals surface area contributed by atoms with Crippen LogP contribution in [0.1, 0.15) is 40.3 Å². The largest absolute Gasteiger partial charge is 0.391 e. The van der Waals surface area contributed by atoms with Gasteiger partial charge in [-0.1, -0.05) is 12.1 Å². The Kier molecular flexibility index (Phi) is 4.77. The lowest BCUT2D eigenvalue weighted by atomic mass is 10.0. The van der Waals surface area contributed by atoms with E-state index in [1.54, 1.807) is 4.90 Å². The Bertz CT molecular complexity index is 682. The van der Waals surface area contributed by atoms with Crippen LogP contribution in [0.15, 0.2) is 16.0 Å². The van der Waals surface area contributed by atoms with Crippen LogP contribution in [0.3, 0.4) is 0 Å². The number of rotatable bonds is 5. The van der Waals surface area contributed by atoms with Gasteiger partial charge in [-0.15, -0.1) is 11.3 Å². The molecular weight excluding hydrogens is 314 g/mol. The number of aryl methyl sites for hydroxylation is 2. The molecule has 2 aromatic heterocycles. The Hall–Kier alpha value is -1.73. The fourth-order valence-corrected chi connectivity index (χ4v) is 3.77. The molecule has 1 fully saturated rings. The van der Waals surface area contributed by atoms with E-state index in [0.29, 0.717) is 25.2 Å². The molecule has 1 saturated heterocycles. The van der Waals surface area contributed by atoms with E-state index < -0.39 is 6.10 Å². The average molecular weight is 335 g/mol. The zero-order chi connectivity index (χ0) is 16.4. The second kappa shape index (κ2) is 6.80. The highest BCUT2D eigenvalue weighted by Gasteiger charge is 2.35. The molecule has 7 heteroatoms. The summed E-state index contributed by atoms with van der Waals surface area (Å²) in [4.78, 5) is 18.6. The number of aromatic nitrogens is 2. The van der Waals surface area contributed by atoms with Gasteiger partial charge in [0, 0.05) is 36.9 Å². The van der Waals surface area contributed by atoms with Crippen LogP contribution in [0.2, 0.25) is 0 Å². The number of nitrogens with zero attached hydrogens (tertiary/aromatic N) is 3. The van der Waals surface area contributed by atoms with E-state index in [-0.39, 0.29) is 11.8 Å². The van der Waals surface area contributed by atoms with Crippen molar-refractivity contribution in [3.05, 3.63) is 33.6 Å². The zero-order valence-electron chi connectivity index (χ0n) is 13.4. The Morgan fingerprint density at radius 3 is 3.04 bits per heavy atom. The second-order valence-corrected chi connectivity index (χ2v) is 7.00. The van der Waals surface area contributed by atoms with Crippen molar-refractivity contribution in [1.82, 2.24) is 15.0 Å². The molecule has 124 valence electrons. The molecule has 0 spiro atoms. The molecule has 0 unspecified atom stereocenters. The van der Waals surface area contributed by atoms with Crippen molar-refractivity contribution < 1.29 is 14.4 Å². The van der Waals surface area contributed by atoms with Crippen LogP contribution < -0.4 is 0 Å². The van der Waals surface area contributed by atoms with Crippen LogP contribution >= 0.6 is 11.3 Å². The van der Waals surface area contributed by atoms with Crippen molar-refractivity contribution in [2.24, 2.45) is 5.92 Å². The van der Waals surface area contributed by atoms with Gasteiger partial charge >= 0.3 is 0 Å². The molecule has 1 amide bonds. The summed E-state index contributed by atoms with van der Waals surface area (Å²) in [7, 11) is 0. The molecule has 1 N–H and O–H groups in total. The summed E-state index contributed by atoms with van der Waals surface area (Å²) in [5.41, 5.74) is 1.31. The van der Waals surface area contributed by atoms with Crippen LogP contribution in [-0.4, -0.2) is 45.2 Å². The van der Waals surface area contributed by atoms with Crippen molar-refractivity contribution in [3.63, 3.8) is 0 Å². The van der Waals surface area contributed by atoms with Crippen LogP contribution in [0.25, 0.3) is 0 Å². The number of amides is 1. The molecule has 2 aromatic rings. The molecule has 0 radical (unpaired) electrons. The number of thiazole rings is 1. The first-order valence-electron chi connectivity index (χ1n) is 7.90. The third kappa shape index (κ3) is 3.61. The van der Waals surface area contributed by atoms with Crippen LogP contribution in [-0.2, 0) is 12.8 Å². The summed E-state index contributed by atoms with van der Waals surface area (Å²) < 4.78 is 5.21. The first-order valence-corrected chi connectivity index (χ1v) is 8.78. The number of aliphatic hydroxyl groups excluding tert-OH is 1. The number of likely N-dealkylation sites (tertiary alicyclic amines) is 1. The molecule has 1 aliphatic heterocycles. The monoisotopic (exact) mass is 335 g/mol. The minimum atomic E-state index is -0.543. The highest BCUT2D eigenvalue weighted by molar-refractivity contribution is 7.09. The Morgan fingerprint density at radius 2 is 2.35 bits per heavy atom. The van der Waals surface area contributed by atoms with Gasteiger partial charge in [-0.3, -0.25) is 4.79 Å². The fraction of sp³-hybridized carbons (Fsp3) is 0.562. The minimum absolute atomic E-state index is 0.0277. The summed E-state index contributed by atoms with van der Waals surface area (Å²) in [6.45, 7) is 4.82. The molecule has 0 aromatic carbocycles. The number of carbonyl (C=O) groups is 1. The molecule has 3 rings (SSSR count). The van der Waals surface area contributed by atoms with E-state index in [0.717, 1.165) is 29.3 Å². The zero-order valence-corrected chi connectivity index (χ0v) is 14.2. The van der Waals surface area contributed by atoms with Crippen LogP contribution in [0.5, 0.6) is 0 Å². The molecule has 0 bridgehead atoms. The summed E-state index contributed by atoms with van der Waals surface area (Å²) in [5.74, 6) is 0.624. The summed E-state index contributed by atoms with van der Waals surface area (Å²) in [5, 5.41) is 16.9. The fourth-order valence-electron chi connectivity index (χ4n) is 2.89. The van der Waals surface area contributed by atoms with Gasteiger partial charge in [0.05, 0.1) is 16.8 Å². The molecule has 0 aliphatic carbocycles. The maximum absolute atomic E-state index is 12.5. The standard InChI is InChI=1S/C16H21N3O3S/c1-3-4-15-17-13(9-23-15)16(21)19-7-11(14(20)8-19)6-12-5-10(2)18-22-12/h5,9,11,14,20H,3-4,6-8H2,1-2H3/t11-,14-/m1/s1. The van der Waals surface area contributed by atoms with Gasteiger partial charge in [0.2, 0.25) is 0 Å². The molecule has 3 heterocycles. The Labute approximate surface area is 139 Å². The van der Waals surface area contributed by atoms with Gasteiger partial charge in [0.1, 0.15) is 11.5 Å². The molecule has 2 atom stereocenters. The van der Waals surface area contributed by atoms with Crippen molar-refractivity contribution >= 4 is 17.2 Å². The van der Waals surface area contributed by atoms with Crippen LogP contribution in [0.4, 0.5) is 0 Å². The van der Waals surface area contributed by atoms with Crippen molar-refractivity contribution in [2.75, 3.05) is 13.1 Å². The van der Waals surface area contributed by atoms with Crippen molar-refractivity contribution in [3.8, 4) is 0 Å².